The third-order valence-corrected chi connectivity index (χ3v) is 5.86. The first kappa shape index (κ1) is 21.8. The zero-order valence-corrected chi connectivity index (χ0v) is 17.3. The van der Waals surface area contributed by atoms with Crippen LogP contribution in [0.2, 0.25) is 0 Å². The molecular formula is C23H17F4N3OS. The number of nitrogen functional groups attached to an aromatic ring is 1. The molecule has 3 N–H and O–H groups in total. The molecule has 4 rings (SSSR count). The molecule has 0 spiro atoms. The van der Waals surface area contributed by atoms with E-state index in [-0.39, 0.29) is 12.2 Å². The molecule has 1 amide bonds. The van der Waals surface area contributed by atoms with Gasteiger partial charge in [-0.15, -0.1) is 0 Å². The van der Waals surface area contributed by atoms with Crippen LogP contribution in [-0.4, -0.2) is 16.9 Å². The first-order valence-electron chi connectivity index (χ1n) is 9.49. The number of hydrogen-bond acceptors (Lipinski definition) is 3. The molecule has 0 bridgehead atoms. The molecule has 0 radical (unpaired) electrons. The van der Waals surface area contributed by atoms with Gasteiger partial charge in [-0.2, -0.15) is 8.78 Å². The van der Waals surface area contributed by atoms with E-state index in [0.717, 1.165) is 21.2 Å². The van der Waals surface area contributed by atoms with Crippen molar-refractivity contribution in [2.24, 2.45) is 0 Å². The van der Waals surface area contributed by atoms with E-state index in [1.165, 1.54) is 30.0 Å². The van der Waals surface area contributed by atoms with Crippen LogP contribution in [0.4, 0.5) is 28.9 Å². The van der Waals surface area contributed by atoms with E-state index < -0.39 is 24.0 Å². The highest BCUT2D eigenvalue weighted by atomic mass is 32.2. The van der Waals surface area contributed by atoms with Crippen molar-refractivity contribution < 1.29 is 22.4 Å². The Hall–Kier alpha value is -3.46. The van der Waals surface area contributed by atoms with Crippen molar-refractivity contribution in [3.8, 4) is 0 Å². The number of fused-ring (bicyclic) bond motifs is 1. The van der Waals surface area contributed by atoms with Crippen molar-refractivity contribution in [3.05, 3.63) is 84.1 Å². The summed E-state index contributed by atoms with van der Waals surface area (Å²) in [5.74, 6) is -2.82. The fraction of sp³-hybridized carbons (Fsp3) is 0.0870. The number of nitrogens with two attached hydrogens (primary N) is 1. The molecule has 0 fully saturated rings. The number of amides is 1. The number of para-hydroxylation sites is 1. The predicted octanol–water partition coefficient (Wildman–Crippen LogP) is 5.90. The number of anilines is 2. The van der Waals surface area contributed by atoms with E-state index in [1.807, 2.05) is 18.2 Å². The number of halogens is 4. The number of carbonyl (C=O) groups is 1. The van der Waals surface area contributed by atoms with Crippen molar-refractivity contribution >= 4 is 39.9 Å². The highest BCUT2D eigenvalue weighted by Gasteiger charge is 2.17. The molecule has 9 heteroatoms. The molecule has 4 aromatic rings. The maximum Gasteiger partial charge on any atom is 0.315 e. The maximum absolute atomic E-state index is 13.7. The molecule has 0 aliphatic heterocycles. The molecule has 0 unspecified atom stereocenters. The van der Waals surface area contributed by atoms with E-state index in [4.69, 9.17) is 5.73 Å². The molecule has 3 aromatic carbocycles. The molecule has 32 heavy (non-hydrogen) atoms. The van der Waals surface area contributed by atoms with Gasteiger partial charge in [-0.3, -0.25) is 4.79 Å². The summed E-state index contributed by atoms with van der Waals surface area (Å²) < 4.78 is 54.4. The molecular weight excluding hydrogens is 442 g/mol. The minimum atomic E-state index is -3.15. The monoisotopic (exact) mass is 459 g/mol. The van der Waals surface area contributed by atoms with Crippen molar-refractivity contribution in [2.45, 2.75) is 22.8 Å². The third-order valence-electron chi connectivity index (χ3n) is 4.73. The van der Waals surface area contributed by atoms with Crippen molar-refractivity contribution in [1.82, 2.24) is 4.57 Å². The Labute approximate surface area is 185 Å². The van der Waals surface area contributed by atoms with Crippen LogP contribution in [0.15, 0.2) is 76.7 Å². The highest BCUT2D eigenvalue weighted by molar-refractivity contribution is 7.99. The first-order chi connectivity index (χ1) is 15.3. The van der Waals surface area contributed by atoms with Gasteiger partial charge < -0.3 is 15.6 Å². The van der Waals surface area contributed by atoms with Crippen LogP contribution in [0.25, 0.3) is 10.9 Å². The summed E-state index contributed by atoms with van der Waals surface area (Å²) in [4.78, 5) is 13.0. The lowest BCUT2D eigenvalue weighted by Gasteiger charge is -2.09. The third kappa shape index (κ3) is 4.72. The first-order valence-corrected chi connectivity index (χ1v) is 10.3. The summed E-state index contributed by atoms with van der Waals surface area (Å²) in [6, 6.07) is 15.3. The SMILES string of the molecule is Nc1ccccc1Sc1cn(Cc2cc(F)cc(F)c2)c2cc(NC(=O)C(F)F)ccc12. The average molecular weight is 459 g/mol. The Bertz CT molecular complexity index is 1290. The smallest absolute Gasteiger partial charge is 0.315 e. The normalized spacial score (nSPS) is 11.3. The molecule has 0 aliphatic carbocycles. The summed E-state index contributed by atoms with van der Waals surface area (Å²) in [5.41, 5.74) is 7.81. The number of alkyl halides is 2. The largest absolute Gasteiger partial charge is 0.398 e. The maximum atomic E-state index is 13.7. The summed E-state index contributed by atoms with van der Waals surface area (Å²) in [7, 11) is 0. The Balaban J connectivity index is 1.78. The van der Waals surface area contributed by atoms with Gasteiger partial charge in [0.15, 0.2) is 0 Å². The van der Waals surface area contributed by atoms with Gasteiger partial charge in [-0.05, 0) is 48.0 Å². The number of aromatic nitrogens is 1. The summed E-state index contributed by atoms with van der Waals surface area (Å²) in [6.45, 7) is 0.127. The molecule has 4 nitrogen and oxygen atoms in total. The van der Waals surface area contributed by atoms with Crippen molar-refractivity contribution in [3.63, 3.8) is 0 Å². The highest BCUT2D eigenvalue weighted by Crippen LogP contribution is 2.38. The van der Waals surface area contributed by atoms with Crippen LogP contribution in [0, 0.1) is 11.6 Å². The number of nitrogens with zero attached hydrogens (tertiary/aromatic N) is 1. The zero-order valence-electron chi connectivity index (χ0n) is 16.5. The second kappa shape index (κ2) is 8.96. The fourth-order valence-electron chi connectivity index (χ4n) is 3.34. The Morgan fingerprint density at radius 3 is 2.41 bits per heavy atom. The number of rotatable bonds is 6. The predicted molar refractivity (Wildman–Crippen MR) is 117 cm³/mol. The Kier molecular flexibility index (Phi) is 6.09. The number of benzene rings is 3. The van der Waals surface area contributed by atoms with Gasteiger partial charge in [-0.25, -0.2) is 8.78 Å². The Morgan fingerprint density at radius 1 is 1.00 bits per heavy atom. The molecule has 0 atom stereocenters. The van der Waals surface area contributed by atoms with Crippen molar-refractivity contribution in [1.29, 1.82) is 0 Å². The lowest BCUT2D eigenvalue weighted by Crippen LogP contribution is -2.19. The van der Waals surface area contributed by atoms with Gasteiger partial charge in [0.05, 0.1) is 5.52 Å². The minimum absolute atomic E-state index is 0.127. The lowest BCUT2D eigenvalue weighted by atomic mass is 10.2. The van der Waals surface area contributed by atoms with Gasteiger partial charge in [0.25, 0.3) is 5.91 Å². The van der Waals surface area contributed by atoms with Crippen LogP contribution >= 0.6 is 11.8 Å². The van der Waals surface area contributed by atoms with E-state index in [1.54, 1.807) is 29.0 Å². The summed E-state index contributed by atoms with van der Waals surface area (Å²) in [5, 5.41) is 2.93. The number of nitrogens with one attached hydrogen (secondary N) is 1. The van der Waals surface area contributed by atoms with Crippen LogP contribution in [0.3, 0.4) is 0 Å². The molecule has 0 saturated heterocycles. The van der Waals surface area contributed by atoms with Gasteiger partial charge in [0, 0.05) is 45.4 Å². The summed E-state index contributed by atoms with van der Waals surface area (Å²) >= 11 is 1.40. The summed E-state index contributed by atoms with van der Waals surface area (Å²) in [6.07, 6.45) is -1.36. The topological polar surface area (TPSA) is 60.0 Å². The van der Waals surface area contributed by atoms with Crippen LogP contribution < -0.4 is 11.1 Å². The van der Waals surface area contributed by atoms with Gasteiger partial charge >= 0.3 is 6.43 Å². The zero-order chi connectivity index (χ0) is 22.8. The molecule has 1 heterocycles. The molecule has 0 saturated carbocycles. The van der Waals surface area contributed by atoms with E-state index in [9.17, 15) is 22.4 Å². The Morgan fingerprint density at radius 2 is 1.72 bits per heavy atom. The minimum Gasteiger partial charge on any atom is -0.398 e. The van der Waals surface area contributed by atoms with E-state index in [2.05, 4.69) is 5.32 Å². The fourth-order valence-corrected chi connectivity index (χ4v) is 4.37. The van der Waals surface area contributed by atoms with Gasteiger partial charge in [-0.1, -0.05) is 23.9 Å². The second-order valence-corrected chi connectivity index (χ2v) is 8.14. The average Bonchev–Trinajstić information content (AvgIpc) is 3.05. The molecule has 1 aromatic heterocycles. The molecule has 0 aliphatic rings. The van der Waals surface area contributed by atoms with Gasteiger partial charge in [0.2, 0.25) is 0 Å². The van der Waals surface area contributed by atoms with Crippen LogP contribution in [0.1, 0.15) is 5.56 Å². The van der Waals surface area contributed by atoms with E-state index >= 15 is 0 Å². The van der Waals surface area contributed by atoms with Crippen LogP contribution in [0.5, 0.6) is 0 Å². The van der Waals surface area contributed by atoms with E-state index in [0.29, 0.717) is 16.8 Å². The van der Waals surface area contributed by atoms with Crippen molar-refractivity contribution in [2.75, 3.05) is 11.1 Å². The van der Waals surface area contributed by atoms with Crippen LogP contribution in [-0.2, 0) is 11.3 Å². The quantitative estimate of drug-likeness (QED) is 0.279. The number of hydrogen-bond donors (Lipinski definition) is 2. The second-order valence-electron chi connectivity index (χ2n) is 7.06. The standard InChI is InChI=1S/C23H17F4N3OS/c24-14-7-13(8-15(25)9-14)11-30-12-21(32-20-4-2-1-3-18(20)28)17-6-5-16(10-19(17)30)29-23(31)22(26)27/h1-10,12,22H,11,28H2,(H,29,31). The lowest BCUT2D eigenvalue weighted by molar-refractivity contribution is -0.126. The van der Waals surface area contributed by atoms with Gasteiger partial charge in [0.1, 0.15) is 11.6 Å². The number of carbonyl (C=O) groups excluding carboxylic acids is 1. The molecule has 164 valence electrons.